The molecule has 6 nitrogen and oxygen atoms in total. The summed E-state index contributed by atoms with van der Waals surface area (Å²) >= 11 is 0. The number of rotatable bonds is 8. The lowest BCUT2D eigenvalue weighted by molar-refractivity contribution is -0.153. The van der Waals surface area contributed by atoms with Crippen molar-refractivity contribution in [1.29, 1.82) is 0 Å². The van der Waals surface area contributed by atoms with E-state index >= 15 is 0 Å². The molecule has 3 aliphatic rings. The summed E-state index contributed by atoms with van der Waals surface area (Å²) in [5.74, 6) is 0.644. The molecule has 0 aromatic carbocycles. The van der Waals surface area contributed by atoms with Crippen LogP contribution in [0.25, 0.3) is 0 Å². The maximum atomic E-state index is 11.9. The molecule has 1 aliphatic carbocycles. The molecule has 2 aliphatic heterocycles. The first-order valence-electron chi connectivity index (χ1n) is 12.6. The van der Waals surface area contributed by atoms with Gasteiger partial charge in [0.15, 0.2) is 0 Å². The van der Waals surface area contributed by atoms with Gasteiger partial charge in [0.1, 0.15) is 0 Å². The predicted octanol–water partition coefficient (Wildman–Crippen LogP) is 5.31. The van der Waals surface area contributed by atoms with Crippen LogP contribution in [0, 0.1) is 17.8 Å². The van der Waals surface area contributed by atoms with E-state index in [-0.39, 0.29) is 29.9 Å². The van der Waals surface area contributed by atoms with E-state index in [1.807, 2.05) is 27.7 Å². The van der Waals surface area contributed by atoms with Crippen molar-refractivity contribution in [1.82, 2.24) is 0 Å². The summed E-state index contributed by atoms with van der Waals surface area (Å²) in [4.78, 5) is 23.2. The van der Waals surface area contributed by atoms with E-state index in [0.717, 1.165) is 51.4 Å². The normalized spacial score (nSPS) is 29.7. The molecule has 3 rings (SSSR count). The number of fused-ring (bicyclic) bond motifs is 1. The minimum atomic E-state index is -0.0624. The largest absolute Gasteiger partial charge is 0.466 e. The summed E-state index contributed by atoms with van der Waals surface area (Å²) in [6, 6.07) is 0. The minimum Gasteiger partial charge on any atom is -0.466 e. The first-order valence-corrected chi connectivity index (χ1v) is 12.6. The van der Waals surface area contributed by atoms with E-state index in [4.69, 9.17) is 18.9 Å². The second-order valence-electron chi connectivity index (χ2n) is 8.57. The molecule has 182 valence electrons. The molecule has 0 bridgehead atoms. The van der Waals surface area contributed by atoms with Gasteiger partial charge in [0, 0.05) is 6.61 Å². The quantitative estimate of drug-likeness (QED) is 0.374. The highest BCUT2D eigenvalue weighted by atomic mass is 16.6. The number of esters is 2. The molecule has 6 unspecified atom stereocenters. The van der Waals surface area contributed by atoms with Gasteiger partial charge in [-0.2, -0.15) is 0 Å². The van der Waals surface area contributed by atoms with Crippen molar-refractivity contribution in [2.45, 2.75) is 111 Å². The van der Waals surface area contributed by atoms with Gasteiger partial charge in [0.25, 0.3) is 0 Å². The Balaban J connectivity index is 0.000000303. The van der Waals surface area contributed by atoms with Gasteiger partial charge in [-0.05, 0) is 58.3 Å². The van der Waals surface area contributed by atoms with Crippen LogP contribution in [0.15, 0.2) is 0 Å². The van der Waals surface area contributed by atoms with Gasteiger partial charge in [0.2, 0.25) is 0 Å². The van der Waals surface area contributed by atoms with Gasteiger partial charge in [-0.3, -0.25) is 9.59 Å². The first kappa shape index (κ1) is 27.9. The van der Waals surface area contributed by atoms with Crippen molar-refractivity contribution in [3.63, 3.8) is 0 Å². The van der Waals surface area contributed by atoms with Gasteiger partial charge in [0.05, 0.1) is 43.4 Å². The van der Waals surface area contributed by atoms with Crippen LogP contribution < -0.4 is 0 Å². The van der Waals surface area contributed by atoms with Crippen LogP contribution in [-0.2, 0) is 28.5 Å². The molecule has 6 heteroatoms. The van der Waals surface area contributed by atoms with Crippen molar-refractivity contribution < 1.29 is 28.5 Å². The monoisotopic (exact) mass is 442 g/mol. The van der Waals surface area contributed by atoms with E-state index in [0.29, 0.717) is 37.9 Å². The van der Waals surface area contributed by atoms with Crippen LogP contribution >= 0.6 is 0 Å². The molecular formula is C25H46O6. The van der Waals surface area contributed by atoms with Crippen LogP contribution in [0.4, 0.5) is 0 Å². The summed E-state index contributed by atoms with van der Waals surface area (Å²) in [5.41, 5.74) is 0. The van der Waals surface area contributed by atoms with Crippen molar-refractivity contribution >= 4 is 11.9 Å². The number of carbonyl (C=O) groups is 2. The number of hydrogen-bond acceptors (Lipinski definition) is 6. The van der Waals surface area contributed by atoms with Crippen LogP contribution in [-0.4, -0.2) is 50.1 Å². The second kappa shape index (κ2) is 15.6. The number of hydrogen-bond donors (Lipinski definition) is 0. The lowest BCUT2D eigenvalue weighted by atomic mass is 9.89. The molecule has 6 atom stereocenters. The van der Waals surface area contributed by atoms with E-state index in [2.05, 4.69) is 13.8 Å². The summed E-state index contributed by atoms with van der Waals surface area (Å²) < 4.78 is 21.2. The Hall–Kier alpha value is -1.14. The highest BCUT2D eigenvalue weighted by molar-refractivity contribution is 5.73. The molecule has 1 saturated carbocycles. The Morgan fingerprint density at radius 1 is 0.935 bits per heavy atom. The van der Waals surface area contributed by atoms with E-state index in [1.54, 1.807) is 0 Å². The molecule has 0 N–H and O–H groups in total. The standard InChI is InChI=1S/C14H24O3.C9H16O3.C2H6/c1-3-5-10(4-2)9-16-14(15)11-6-7-12-13(8-11)17-12;1-3-11-9(10)8-4-5-12-7(2)6-8;1-2/h10-13H,3-9H2,1-2H3;7-8H,3-6H2,1-2H3;1-2H3. The Morgan fingerprint density at radius 3 is 2.19 bits per heavy atom. The van der Waals surface area contributed by atoms with E-state index in [1.165, 1.54) is 0 Å². The number of carbonyl (C=O) groups excluding carboxylic acids is 2. The average Bonchev–Trinajstić information content (AvgIpc) is 3.57. The van der Waals surface area contributed by atoms with Gasteiger partial charge in [-0.25, -0.2) is 0 Å². The average molecular weight is 443 g/mol. The lowest BCUT2D eigenvalue weighted by Gasteiger charge is -2.25. The molecular weight excluding hydrogens is 396 g/mol. The summed E-state index contributed by atoms with van der Waals surface area (Å²) in [5, 5.41) is 0. The fraction of sp³-hybridized carbons (Fsp3) is 0.920. The Morgan fingerprint density at radius 2 is 1.61 bits per heavy atom. The van der Waals surface area contributed by atoms with Gasteiger partial charge in [-0.15, -0.1) is 0 Å². The predicted molar refractivity (Wildman–Crippen MR) is 122 cm³/mol. The zero-order valence-electron chi connectivity index (χ0n) is 20.7. The SMILES string of the molecule is CC.CCCC(CC)COC(=O)C1CCC2OC2C1.CCOC(=O)C1CCOC(C)C1. The third-order valence-corrected chi connectivity index (χ3v) is 6.18. The second-order valence-corrected chi connectivity index (χ2v) is 8.57. The highest BCUT2D eigenvalue weighted by Gasteiger charge is 2.46. The summed E-state index contributed by atoms with van der Waals surface area (Å²) in [6.07, 6.45) is 8.92. The Labute approximate surface area is 189 Å². The smallest absolute Gasteiger partial charge is 0.309 e. The van der Waals surface area contributed by atoms with Crippen molar-refractivity contribution in [3.8, 4) is 0 Å². The Kier molecular flexibility index (Phi) is 14.1. The van der Waals surface area contributed by atoms with Crippen LogP contribution in [0.3, 0.4) is 0 Å². The maximum absolute atomic E-state index is 11.9. The molecule has 0 amide bonds. The van der Waals surface area contributed by atoms with Crippen molar-refractivity contribution in [3.05, 3.63) is 0 Å². The fourth-order valence-corrected chi connectivity index (χ4v) is 4.22. The van der Waals surface area contributed by atoms with Crippen molar-refractivity contribution in [2.75, 3.05) is 19.8 Å². The van der Waals surface area contributed by atoms with E-state index in [9.17, 15) is 9.59 Å². The fourth-order valence-electron chi connectivity index (χ4n) is 4.22. The molecule has 2 saturated heterocycles. The zero-order chi connectivity index (χ0) is 23.2. The van der Waals surface area contributed by atoms with Crippen LogP contribution in [0.5, 0.6) is 0 Å². The minimum absolute atomic E-state index is 0.00787. The van der Waals surface area contributed by atoms with Crippen molar-refractivity contribution in [2.24, 2.45) is 17.8 Å². The maximum Gasteiger partial charge on any atom is 0.309 e. The molecule has 0 aromatic heterocycles. The first-order chi connectivity index (χ1) is 15.0. The lowest BCUT2D eigenvalue weighted by Crippen LogP contribution is -2.29. The highest BCUT2D eigenvalue weighted by Crippen LogP contribution is 2.39. The molecule has 0 aromatic rings. The number of ether oxygens (including phenoxy) is 4. The van der Waals surface area contributed by atoms with Crippen LogP contribution in [0.2, 0.25) is 0 Å². The molecule has 3 fully saturated rings. The van der Waals surface area contributed by atoms with E-state index < -0.39 is 0 Å². The molecule has 0 spiro atoms. The molecule has 2 heterocycles. The zero-order valence-corrected chi connectivity index (χ0v) is 20.7. The third-order valence-electron chi connectivity index (χ3n) is 6.18. The number of epoxide rings is 1. The molecule has 31 heavy (non-hydrogen) atoms. The Bertz CT molecular complexity index is 508. The third kappa shape index (κ3) is 10.3. The van der Waals surface area contributed by atoms with Gasteiger partial charge >= 0.3 is 11.9 Å². The van der Waals surface area contributed by atoms with Gasteiger partial charge in [-0.1, -0.05) is 40.5 Å². The van der Waals surface area contributed by atoms with Gasteiger partial charge < -0.3 is 18.9 Å². The summed E-state index contributed by atoms with van der Waals surface area (Å²) in [7, 11) is 0. The molecule has 0 radical (unpaired) electrons. The van der Waals surface area contributed by atoms with Crippen LogP contribution in [0.1, 0.15) is 92.9 Å². The summed E-state index contributed by atoms with van der Waals surface area (Å²) in [6.45, 7) is 13.9. The topological polar surface area (TPSA) is 74.4 Å².